The Morgan fingerprint density at radius 3 is 2.60 bits per heavy atom. The number of halogens is 1. The summed E-state index contributed by atoms with van der Waals surface area (Å²) in [6.45, 7) is 4.02. The Labute approximate surface area is 159 Å². The predicted octanol–water partition coefficient (Wildman–Crippen LogP) is 4.97. The molecule has 0 aliphatic carbocycles. The molecular weight excluding hydrogens is 400 g/mol. The fourth-order valence-corrected chi connectivity index (χ4v) is 3.72. The van der Waals surface area contributed by atoms with E-state index in [2.05, 4.69) is 26.2 Å². The summed E-state index contributed by atoms with van der Waals surface area (Å²) in [5.74, 6) is 0.557. The van der Waals surface area contributed by atoms with Gasteiger partial charge in [0, 0.05) is 10.0 Å². The number of amidine groups is 1. The third-order valence-electron chi connectivity index (χ3n) is 3.78. The molecule has 1 saturated heterocycles. The van der Waals surface area contributed by atoms with E-state index in [1.807, 2.05) is 56.3 Å². The summed E-state index contributed by atoms with van der Waals surface area (Å²) >= 11 is 4.78. The quantitative estimate of drug-likeness (QED) is 0.718. The summed E-state index contributed by atoms with van der Waals surface area (Å²) in [4.78, 5) is 17.5. The Morgan fingerprint density at radius 1 is 1.20 bits per heavy atom. The Morgan fingerprint density at radius 2 is 1.92 bits per heavy atom. The van der Waals surface area contributed by atoms with Crippen LogP contribution < -0.4 is 10.1 Å². The summed E-state index contributed by atoms with van der Waals surface area (Å²) in [6, 6.07) is 11.7. The average Bonchev–Trinajstić information content (AvgIpc) is 2.91. The number of thioether (sulfide) groups is 1. The number of aryl methyl sites for hydroxylation is 2. The van der Waals surface area contributed by atoms with E-state index in [4.69, 9.17) is 4.74 Å². The van der Waals surface area contributed by atoms with Gasteiger partial charge in [0.15, 0.2) is 5.17 Å². The number of carbonyl (C=O) groups is 1. The van der Waals surface area contributed by atoms with E-state index in [9.17, 15) is 4.79 Å². The lowest BCUT2D eigenvalue weighted by molar-refractivity contribution is -0.115. The van der Waals surface area contributed by atoms with Gasteiger partial charge in [0.05, 0.1) is 17.7 Å². The van der Waals surface area contributed by atoms with Crippen molar-refractivity contribution in [3.05, 3.63) is 62.5 Å². The van der Waals surface area contributed by atoms with Crippen LogP contribution in [0.1, 0.15) is 16.7 Å². The van der Waals surface area contributed by atoms with Crippen LogP contribution in [-0.4, -0.2) is 18.2 Å². The SMILES string of the molecule is COc1ccc(Br)cc1/C=C1\SC(=Nc2c(C)cccc2C)NC1=O. The van der Waals surface area contributed by atoms with Gasteiger partial charge in [-0.3, -0.25) is 4.79 Å². The molecule has 1 heterocycles. The molecule has 0 radical (unpaired) electrons. The minimum Gasteiger partial charge on any atom is -0.496 e. The smallest absolute Gasteiger partial charge is 0.264 e. The van der Waals surface area contributed by atoms with Gasteiger partial charge in [0.1, 0.15) is 5.75 Å². The molecule has 2 aromatic carbocycles. The van der Waals surface area contributed by atoms with Crippen molar-refractivity contribution in [2.24, 2.45) is 4.99 Å². The molecule has 25 heavy (non-hydrogen) atoms. The molecule has 0 unspecified atom stereocenters. The number of hydrogen-bond donors (Lipinski definition) is 1. The first-order valence-electron chi connectivity index (χ1n) is 7.67. The van der Waals surface area contributed by atoms with E-state index in [0.29, 0.717) is 15.8 Å². The van der Waals surface area contributed by atoms with Crippen molar-refractivity contribution in [1.82, 2.24) is 5.32 Å². The van der Waals surface area contributed by atoms with Crippen LogP contribution in [0.5, 0.6) is 5.75 Å². The molecule has 128 valence electrons. The molecule has 1 amide bonds. The third-order valence-corrected chi connectivity index (χ3v) is 5.19. The number of hydrogen-bond acceptors (Lipinski definition) is 4. The summed E-state index contributed by atoms with van der Waals surface area (Å²) in [5.41, 5.74) is 3.89. The van der Waals surface area contributed by atoms with Gasteiger partial charge in [-0.2, -0.15) is 0 Å². The maximum atomic E-state index is 12.3. The number of methoxy groups -OCH3 is 1. The Bertz CT molecular complexity index is 886. The molecule has 0 aromatic heterocycles. The van der Waals surface area contributed by atoms with Crippen LogP contribution in [0.3, 0.4) is 0 Å². The second-order valence-corrected chi connectivity index (χ2v) is 7.55. The molecule has 1 aliphatic heterocycles. The van der Waals surface area contributed by atoms with Crippen molar-refractivity contribution >= 4 is 50.5 Å². The second kappa shape index (κ2) is 7.45. The Kier molecular flexibility index (Phi) is 5.30. The zero-order valence-corrected chi connectivity index (χ0v) is 16.5. The zero-order valence-electron chi connectivity index (χ0n) is 14.1. The molecule has 1 fully saturated rings. The molecule has 1 aliphatic rings. The largest absolute Gasteiger partial charge is 0.496 e. The van der Waals surface area contributed by atoms with Crippen molar-refractivity contribution in [2.75, 3.05) is 7.11 Å². The van der Waals surface area contributed by atoms with E-state index in [-0.39, 0.29) is 5.91 Å². The van der Waals surface area contributed by atoms with Crippen LogP contribution in [-0.2, 0) is 4.79 Å². The fourth-order valence-electron chi connectivity index (χ4n) is 2.52. The van der Waals surface area contributed by atoms with Gasteiger partial charge in [0.25, 0.3) is 5.91 Å². The molecule has 6 heteroatoms. The molecule has 0 atom stereocenters. The summed E-state index contributed by atoms with van der Waals surface area (Å²) < 4.78 is 6.29. The fraction of sp³-hybridized carbons (Fsp3) is 0.158. The van der Waals surface area contributed by atoms with Crippen molar-refractivity contribution in [3.63, 3.8) is 0 Å². The van der Waals surface area contributed by atoms with Crippen molar-refractivity contribution in [1.29, 1.82) is 0 Å². The van der Waals surface area contributed by atoms with Gasteiger partial charge in [-0.15, -0.1) is 0 Å². The number of amides is 1. The van der Waals surface area contributed by atoms with E-state index in [1.165, 1.54) is 11.8 Å². The first-order valence-corrected chi connectivity index (χ1v) is 9.28. The van der Waals surface area contributed by atoms with E-state index in [0.717, 1.165) is 26.9 Å². The highest BCUT2D eigenvalue weighted by Crippen LogP contribution is 2.33. The lowest BCUT2D eigenvalue weighted by atomic mass is 10.1. The van der Waals surface area contributed by atoms with Gasteiger partial charge >= 0.3 is 0 Å². The number of ether oxygens (including phenoxy) is 1. The molecule has 2 aromatic rings. The van der Waals surface area contributed by atoms with Crippen LogP contribution in [0.15, 0.2) is 50.8 Å². The Balaban J connectivity index is 1.93. The van der Waals surface area contributed by atoms with E-state index >= 15 is 0 Å². The topological polar surface area (TPSA) is 50.7 Å². The van der Waals surface area contributed by atoms with Crippen LogP contribution in [0, 0.1) is 13.8 Å². The summed E-state index contributed by atoms with van der Waals surface area (Å²) in [7, 11) is 1.61. The number of benzene rings is 2. The lowest BCUT2D eigenvalue weighted by Crippen LogP contribution is -2.19. The lowest BCUT2D eigenvalue weighted by Gasteiger charge is -2.05. The van der Waals surface area contributed by atoms with E-state index in [1.54, 1.807) is 7.11 Å². The summed E-state index contributed by atoms with van der Waals surface area (Å²) in [6.07, 6.45) is 1.82. The van der Waals surface area contributed by atoms with Crippen LogP contribution in [0.25, 0.3) is 6.08 Å². The van der Waals surface area contributed by atoms with Gasteiger partial charge < -0.3 is 10.1 Å². The van der Waals surface area contributed by atoms with E-state index < -0.39 is 0 Å². The number of nitrogens with one attached hydrogen (secondary N) is 1. The van der Waals surface area contributed by atoms with Crippen LogP contribution >= 0.6 is 27.7 Å². The maximum Gasteiger partial charge on any atom is 0.264 e. The van der Waals surface area contributed by atoms with Gasteiger partial charge in [-0.05, 0) is 61.0 Å². The van der Waals surface area contributed by atoms with Crippen LogP contribution in [0.4, 0.5) is 5.69 Å². The first-order chi connectivity index (χ1) is 12.0. The normalized spacial score (nSPS) is 17.2. The number of rotatable bonds is 3. The van der Waals surface area contributed by atoms with Gasteiger partial charge in [0.2, 0.25) is 0 Å². The summed E-state index contributed by atoms with van der Waals surface area (Å²) in [5, 5.41) is 3.42. The molecule has 0 bridgehead atoms. The number of nitrogens with zero attached hydrogens (tertiary/aromatic N) is 1. The molecule has 1 N–H and O–H groups in total. The zero-order chi connectivity index (χ0) is 18.0. The highest BCUT2D eigenvalue weighted by molar-refractivity contribution is 9.10. The number of para-hydroxylation sites is 1. The van der Waals surface area contributed by atoms with Gasteiger partial charge in [-0.1, -0.05) is 34.1 Å². The maximum absolute atomic E-state index is 12.3. The molecule has 3 rings (SSSR count). The molecule has 0 spiro atoms. The standard InChI is InChI=1S/C19H17BrN2O2S/c1-11-5-4-6-12(2)17(11)21-19-22-18(23)16(25-19)10-13-9-14(20)7-8-15(13)24-3/h4-10H,1-3H3,(H,21,22,23)/b16-10-. The number of carbonyl (C=O) groups excluding carboxylic acids is 1. The highest BCUT2D eigenvalue weighted by atomic mass is 79.9. The van der Waals surface area contributed by atoms with Crippen LogP contribution in [0.2, 0.25) is 0 Å². The van der Waals surface area contributed by atoms with Gasteiger partial charge in [-0.25, -0.2) is 4.99 Å². The van der Waals surface area contributed by atoms with Crippen molar-refractivity contribution in [2.45, 2.75) is 13.8 Å². The first kappa shape index (κ1) is 17.8. The Hall–Kier alpha value is -2.05. The molecule has 4 nitrogen and oxygen atoms in total. The minimum atomic E-state index is -0.156. The van der Waals surface area contributed by atoms with Crippen molar-refractivity contribution in [3.8, 4) is 5.75 Å². The van der Waals surface area contributed by atoms with Crippen molar-refractivity contribution < 1.29 is 9.53 Å². The highest BCUT2D eigenvalue weighted by Gasteiger charge is 2.24. The molecular formula is C19H17BrN2O2S. The minimum absolute atomic E-state index is 0.156. The third kappa shape index (κ3) is 3.96. The monoisotopic (exact) mass is 416 g/mol. The average molecular weight is 417 g/mol. The number of aliphatic imine (C=N–C) groups is 1. The molecule has 0 saturated carbocycles. The predicted molar refractivity (Wildman–Crippen MR) is 107 cm³/mol. The second-order valence-electron chi connectivity index (χ2n) is 5.61.